The lowest BCUT2D eigenvalue weighted by Crippen LogP contribution is -2.48. The number of aliphatic imine (C=N–C) groups is 1. The van der Waals surface area contributed by atoms with Gasteiger partial charge in [0.15, 0.2) is 0 Å². The van der Waals surface area contributed by atoms with Crippen LogP contribution in [0.2, 0.25) is 0 Å². The van der Waals surface area contributed by atoms with Gasteiger partial charge in [-0.05, 0) is 169 Å². The quantitative estimate of drug-likeness (QED) is 0.0372. The van der Waals surface area contributed by atoms with Gasteiger partial charge in [-0.1, -0.05) is 107 Å². The fourth-order valence-corrected chi connectivity index (χ4v) is 9.86. The SMILES string of the molecule is CC.CC.CC.CC/C(=C\C=C(/C)N1CCN(CC2CCN(C(=O)c3ccc(C4CCN(C/C(C)=C/c5c(-c6ccc(N=C(C)COC)c(C)c6)ccnc5C)CC4)cc3)CC2)CC1)NC(CCC=O)C(N)=O.CF.CPI. The summed E-state index contributed by atoms with van der Waals surface area (Å²) < 4.78 is 14.8. The Labute approximate surface area is 487 Å². The number of rotatable bonds is 20. The van der Waals surface area contributed by atoms with Crippen LogP contribution in [-0.2, 0) is 14.3 Å². The molecule has 2 atom stereocenters. The number of primary amides is 1. The Hall–Kier alpha value is -4.34. The number of halogens is 2. The smallest absolute Gasteiger partial charge is 0.253 e. The number of aldehydes is 1. The maximum atomic E-state index is 13.6. The second kappa shape index (κ2) is 41.6. The second-order valence-electron chi connectivity index (χ2n) is 19.2. The van der Waals surface area contributed by atoms with Crippen LogP contribution in [0.4, 0.5) is 10.1 Å². The van der Waals surface area contributed by atoms with Gasteiger partial charge in [0, 0.05) is 106 Å². The fraction of sp³-hybridized carbons (Fsp3) is 0.571. The number of nitrogens with one attached hydrogen (secondary N) is 1. The number of benzene rings is 2. The van der Waals surface area contributed by atoms with Gasteiger partial charge in [-0.2, -0.15) is 0 Å². The predicted molar refractivity (Wildman–Crippen MR) is 342 cm³/mol. The van der Waals surface area contributed by atoms with Crippen molar-refractivity contribution in [2.45, 2.75) is 140 Å². The number of aryl methyl sites for hydroxylation is 2. The fourth-order valence-electron chi connectivity index (χ4n) is 9.86. The van der Waals surface area contributed by atoms with E-state index in [4.69, 9.17) is 15.5 Å². The van der Waals surface area contributed by atoms with Crippen molar-refractivity contribution in [3.05, 3.63) is 112 Å². The molecule has 0 bridgehead atoms. The van der Waals surface area contributed by atoms with E-state index in [9.17, 15) is 18.8 Å². The van der Waals surface area contributed by atoms with E-state index in [1.54, 1.807) is 7.11 Å². The van der Waals surface area contributed by atoms with Gasteiger partial charge < -0.3 is 30.4 Å². The number of nitrogens with two attached hydrogens (primary N) is 1. The van der Waals surface area contributed by atoms with Crippen LogP contribution < -0.4 is 11.1 Å². The predicted octanol–water partition coefficient (Wildman–Crippen LogP) is 13.8. The van der Waals surface area contributed by atoms with E-state index >= 15 is 0 Å². The third-order valence-electron chi connectivity index (χ3n) is 13.9. The van der Waals surface area contributed by atoms with Crippen LogP contribution in [0.15, 0.2) is 88.8 Å². The van der Waals surface area contributed by atoms with Crippen molar-refractivity contribution < 1.29 is 23.5 Å². The molecule has 2 unspecified atom stereocenters. The van der Waals surface area contributed by atoms with E-state index in [1.807, 2.05) is 67.7 Å². The number of hydrogen-bond donors (Lipinski definition) is 2. The topological polar surface area (TPSA) is 137 Å². The standard InChI is InChI=1S/C55H76N8O4.3C2H6.CH3F.CH4IP/c1-8-49(59-53(54(56)65)10-9-33-64)17-11-42(5)62-31-29-61(30-32-62)37-44-20-27-63(28-21-44)55(66)47-14-12-45(13-15-47)46-22-25-60(26-23-46)36-39(2)34-51-43(6)57-24-19-50(51)48-16-18-52(40(3)35-48)58-41(4)38-67-7;4*1-2;1-3-2/h11-19,24,33-35,44,46,53,59H,8-10,20-23,25-32,36-38H2,1-7H3,(H2,56,65);3*1-2H3;1H3;3H,1H3/b39-34+,42-11+,49-17+,58-41?;;;;;. The first kappa shape index (κ1) is 71.7. The molecule has 3 N–H and O–H groups in total. The summed E-state index contributed by atoms with van der Waals surface area (Å²) in [4.78, 5) is 55.4. The third-order valence-corrected chi connectivity index (χ3v) is 13.9. The molecule has 12 nitrogen and oxygen atoms in total. The summed E-state index contributed by atoms with van der Waals surface area (Å²) in [6.45, 7) is 36.9. The zero-order valence-corrected chi connectivity index (χ0v) is 53.8. The highest BCUT2D eigenvalue weighted by Crippen LogP contribution is 2.33. The Balaban J connectivity index is 0.00000258. The van der Waals surface area contributed by atoms with E-state index in [2.05, 4.69) is 147 Å². The molecule has 3 fully saturated rings. The number of piperidine rings is 2. The van der Waals surface area contributed by atoms with E-state index in [1.165, 1.54) is 33.5 Å². The van der Waals surface area contributed by atoms with Crippen LogP contribution >= 0.6 is 28.3 Å². The number of hydrogen-bond acceptors (Lipinski definition) is 10. The van der Waals surface area contributed by atoms with Crippen molar-refractivity contribution >= 4 is 63.8 Å². The lowest BCUT2D eigenvalue weighted by molar-refractivity contribution is -0.120. The summed E-state index contributed by atoms with van der Waals surface area (Å²) in [7, 11) is 2.19. The molecular formula is C63H101FIN8O4P. The number of carbonyl (C=O) groups is 3. The lowest BCUT2D eigenvalue weighted by Gasteiger charge is -2.40. The van der Waals surface area contributed by atoms with Gasteiger partial charge in [-0.3, -0.25) is 33.8 Å². The first-order valence-electron chi connectivity index (χ1n) is 28.6. The summed E-state index contributed by atoms with van der Waals surface area (Å²) in [6, 6.07) is 16.6. The molecule has 3 aliphatic heterocycles. The highest BCUT2D eigenvalue weighted by molar-refractivity contribution is 14.2. The monoisotopic (exact) mass is 1210 g/mol. The number of ether oxygens (including phenoxy) is 1. The molecule has 2 amide bonds. The van der Waals surface area contributed by atoms with E-state index in [0.717, 1.165) is 144 Å². The van der Waals surface area contributed by atoms with Crippen molar-refractivity contribution in [2.75, 3.05) is 93.0 Å². The van der Waals surface area contributed by atoms with Crippen molar-refractivity contribution in [3.8, 4) is 11.1 Å². The Morgan fingerprint density at radius 1 is 0.872 bits per heavy atom. The summed E-state index contributed by atoms with van der Waals surface area (Å²) in [5.74, 6) is 0.807. The number of nitrogens with zero attached hydrogens (tertiary/aromatic N) is 6. The Kier molecular flexibility index (Phi) is 38.3. The van der Waals surface area contributed by atoms with Gasteiger partial charge in [-0.15, -0.1) is 0 Å². The maximum absolute atomic E-state index is 13.6. The molecule has 0 aliphatic carbocycles. The summed E-state index contributed by atoms with van der Waals surface area (Å²) >= 11 is 2.32. The molecule has 1 aromatic heterocycles. The van der Waals surface area contributed by atoms with Crippen molar-refractivity contribution in [1.82, 2.24) is 29.9 Å². The highest BCUT2D eigenvalue weighted by Gasteiger charge is 2.28. The Bertz CT molecular complexity index is 2300. The molecule has 6 rings (SSSR count). The molecule has 0 saturated carbocycles. The largest absolute Gasteiger partial charge is 0.379 e. The van der Waals surface area contributed by atoms with Crippen molar-refractivity contribution in [2.24, 2.45) is 16.6 Å². The number of likely N-dealkylation sites (tertiary alicyclic amines) is 2. The molecule has 2 aromatic carbocycles. The normalized spacial score (nSPS) is 16.4. The van der Waals surface area contributed by atoms with E-state index < -0.39 is 11.9 Å². The van der Waals surface area contributed by atoms with Crippen molar-refractivity contribution in [1.29, 1.82) is 0 Å². The molecule has 78 heavy (non-hydrogen) atoms. The van der Waals surface area contributed by atoms with Crippen LogP contribution in [0.3, 0.4) is 0 Å². The van der Waals surface area contributed by atoms with Gasteiger partial charge in [-0.25, -0.2) is 0 Å². The molecule has 4 heterocycles. The first-order chi connectivity index (χ1) is 37.8. The highest BCUT2D eigenvalue weighted by atomic mass is 127. The van der Waals surface area contributed by atoms with Crippen LogP contribution in [0.5, 0.6) is 0 Å². The van der Waals surface area contributed by atoms with Gasteiger partial charge >= 0.3 is 0 Å². The van der Waals surface area contributed by atoms with E-state index in [0.29, 0.717) is 38.5 Å². The number of allylic oxidation sites excluding steroid dienone is 4. The Morgan fingerprint density at radius 2 is 1.49 bits per heavy atom. The number of pyridine rings is 1. The van der Waals surface area contributed by atoms with Gasteiger partial charge in [0.05, 0.1) is 19.5 Å². The third kappa shape index (κ3) is 24.6. The minimum Gasteiger partial charge on any atom is -0.379 e. The van der Waals surface area contributed by atoms with Gasteiger partial charge in [0.25, 0.3) is 5.91 Å². The number of methoxy groups -OCH3 is 1. The summed E-state index contributed by atoms with van der Waals surface area (Å²) in [5, 5.41) is 3.23. The number of aromatic nitrogens is 1. The number of carbonyl (C=O) groups excluding carboxylic acids is 3. The van der Waals surface area contributed by atoms with E-state index in [-0.39, 0.29) is 5.91 Å². The molecule has 436 valence electrons. The van der Waals surface area contributed by atoms with Crippen LogP contribution in [0.25, 0.3) is 17.2 Å². The minimum absolute atomic E-state index is 0.154. The number of amides is 2. The average molecular weight is 1210 g/mol. The zero-order valence-electron chi connectivity index (χ0n) is 50.6. The van der Waals surface area contributed by atoms with Crippen LogP contribution in [0, 0.1) is 19.8 Å². The second-order valence-corrected chi connectivity index (χ2v) is 22.8. The summed E-state index contributed by atoms with van der Waals surface area (Å²) in [5.41, 5.74) is 18.7. The molecule has 15 heteroatoms. The van der Waals surface area contributed by atoms with Crippen LogP contribution in [-0.4, -0.2) is 147 Å². The van der Waals surface area contributed by atoms with Crippen LogP contribution in [0.1, 0.15) is 153 Å². The van der Waals surface area contributed by atoms with Crippen molar-refractivity contribution in [3.63, 3.8) is 0 Å². The van der Waals surface area contributed by atoms with Gasteiger partial charge in [0.2, 0.25) is 5.91 Å². The summed E-state index contributed by atoms with van der Waals surface area (Å²) in [6.07, 6.45) is 15.9. The molecule has 3 aromatic rings. The molecule has 0 radical (unpaired) electrons. The Morgan fingerprint density at radius 3 is 2.04 bits per heavy atom. The zero-order chi connectivity index (χ0) is 58.6. The number of alkyl halides is 1. The lowest BCUT2D eigenvalue weighted by atomic mass is 9.88. The first-order valence-corrected chi connectivity index (χ1v) is 33.3. The average Bonchev–Trinajstić information content (AvgIpc) is 3.48. The minimum atomic E-state index is -0.548. The molecule has 3 saturated heterocycles. The van der Waals surface area contributed by atoms with Gasteiger partial charge in [0.1, 0.15) is 12.3 Å². The molecular weight excluding hydrogens is 1110 g/mol. The maximum Gasteiger partial charge on any atom is 0.253 e. The molecule has 0 spiro atoms. The number of piperazine rings is 1. The molecule has 3 aliphatic rings.